The van der Waals surface area contributed by atoms with Crippen LogP contribution in [0.2, 0.25) is 0 Å². The zero-order valence-corrected chi connectivity index (χ0v) is 18.8. The van der Waals surface area contributed by atoms with Crippen molar-refractivity contribution in [3.05, 3.63) is 53.6 Å². The van der Waals surface area contributed by atoms with Crippen LogP contribution in [0.1, 0.15) is 48.5 Å². The van der Waals surface area contributed by atoms with Gasteiger partial charge in [-0.2, -0.15) is 8.42 Å². The SMILES string of the molecule is Cc1cccc(NC(=O)C(C)OC(=O)c2ccc3c(c2)S(=O)(=O)N=C2CCCCCN23)c1. The van der Waals surface area contributed by atoms with E-state index in [4.69, 9.17) is 4.74 Å². The predicted octanol–water partition coefficient (Wildman–Crippen LogP) is 3.66. The first-order chi connectivity index (χ1) is 15.2. The Labute approximate surface area is 187 Å². The molecule has 1 saturated heterocycles. The number of hydrogen-bond donors (Lipinski definition) is 1. The van der Waals surface area contributed by atoms with Crippen LogP contribution in [-0.2, 0) is 19.6 Å². The second kappa shape index (κ2) is 8.74. The summed E-state index contributed by atoms with van der Waals surface area (Å²) in [7, 11) is -3.92. The van der Waals surface area contributed by atoms with Gasteiger partial charge in [-0.05, 0) is 62.6 Å². The van der Waals surface area contributed by atoms with Crippen LogP contribution in [0.3, 0.4) is 0 Å². The number of anilines is 2. The molecule has 2 aliphatic heterocycles. The molecular weight excluding hydrogens is 430 g/mol. The number of amides is 1. The van der Waals surface area contributed by atoms with Gasteiger partial charge in [-0.15, -0.1) is 4.40 Å². The van der Waals surface area contributed by atoms with Crippen molar-refractivity contribution in [2.45, 2.75) is 50.5 Å². The number of ether oxygens (including phenoxy) is 1. The van der Waals surface area contributed by atoms with Crippen molar-refractivity contribution in [3.8, 4) is 0 Å². The monoisotopic (exact) mass is 455 g/mol. The van der Waals surface area contributed by atoms with Crippen LogP contribution >= 0.6 is 0 Å². The summed E-state index contributed by atoms with van der Waals surface area (Å²) in [6, 6.07) is 11.7. The maximum atomic E-state index is 12.7. The van der Waals surface area contributed by atoms with E-state index in [0.717, 1.165) is 24.8 Å². The molecule has 8 nitrogen and oxygen atoms in total. The van der Waals surface area contributed by atoms with Gasteiger partial charge >= 0.3 is 5.97 Å². The van der Waals surface area contributed by atoms with Gasteiger partial charge in [-0.25, -0.2) is 4.79 Å². The first kappa shape index (κ1) is 22.0. The summed E-state index contributed by atoms with van der Waals surface area (Å²) >= 11 is 0. The molecule has 0 saturated carbocycles. The van der Waals surface area contributed by atoms with Gasteiger partial charge < -0.3 is 15.0 Å². The number of hydrogen-bond acceptors (Lipinski definition) is 6. The van der Waals surface area contributed by atoms with E-state index in [2.05, 4.69) is 9.71 Å². The van der Waals surface area contributed by atoms with Gasteiger partial charge in [-0.3, -0.25) is 4.79 Å². The third-order valence-electron chi connectivity index (χ3n) is 5.52. The average Bonchev–Trinajstić information content (AvgIpc) is 2.98. The summed E-state index contributed by atoms with van der Waals surface area (Å²) in [5.41, 5.74) is 2.16. The van der Waals surface area contributed by atoms with Crippen LogP contribution in [0.15, 0.2) is 51.8 Å². The van der Waals surface area contributed by atoms with E-state index in [1.807, 2.05) is 24.0 Å². The molecule has 0 bridgehead atoms. The molecule has 9 heteroatoms. The van der Waals surface area contributed by atoms with Crippen LogP contribution in [0, 0.1) is 6.92 Å². The van der Waals surface area contributed by atoms with E-state index in [1.165, 1.54) is 19.1 Å². The van der Waals surface area contributed by atoms with Crippen molar-refractivity contribution >= 4 is 39.1 Å². The number of carbonyl (C=O) groups excluding carboxylic acids is 2. The zero-order valence-electron chi connectivity index (χ0n) is 18.0. The van der Waals surface area contributed by atoms with Gasteiger partial charge in [0.25, 0.3) is 15.9 Å². The second-order valence-electron chi connectivity index (χ2n) is 8.03. The first-order valence-corrected chi connectivity index (χ1v) is 12.0. The Kier molecular flexibility index (Phi) is 6.01. The van der Waals surface area contributed by atoms with Gasteiger partial charge in [-0.1, -0.05) is 18.6 Å². The minimum atomic E-state index is -3.92. The molecule has 1 amide bonds. The predicted molar refractivity (Wildman–Crippen MR) is 122 cm³/mol. The fourth-order valence-corrected chi connectivity index (χ4v) is 5.14. The third-order valence-corrected chi connectivity index (χ3v) is 6.86. The highest BCUT2D eigenvalue weighted by Crippen LogP contribution is 2.35. The average molecular weight is 456 g/mol. The minimum absolute atomic E-state index is 0.0190. The molecule has 1 N–H and O–H groups in total. The number of nitrogens with one attached hydrogen (secondary N) is 1. The molecule has 4 rings (SSSR count). The van der Waals surface area contributed by atoms with Gasteiger partial charge in [0, 0.05) is 18.7 Å². The molecule has 2 aliphatic rings. The van der Waals surface area contributed by atoms with Crippen LogP contribution in [0.25, 0.3) is 0 Å². The van der Waals surface area contributed by atoms with E-state index >= 15 is 0 Å². The molecule has 2 aromatic carbocycles. The molecule has 0 spiro atoms. The lowest BCUT2D eigenvalue weighted by Crippen LogP contribution is -2.35. The van der Waals surface area contributed by atoms with Crippen molar-refractivity contribution in [2.75, 3.05) is 16.8 Å². The molecule has 2 aromatic rings. The molecule has 1 unspecified atom stereocenters. The summed E-state index contributed by atoms with van der Waals surface area (Å²) in [6.45, 7) is 4.05. The molecular formula is C23H25N3O5S. The molecule has 0 radical (unpaired) electrons. The highest BCUT2D eigenvalue weighted by atomic mass is 32.2. The topological polar surface area (TPSA) is 105 Å². The molecule has 1 fully saturated rings. The second-order valence-corrected chi connectivity index (χ2v) is 9.61. The lowest BCUT2D eigenvalue weighted by atomic mass is 10.1. The largest absolute Gasteiger partial charge is 0.449 e. The highest BCUT2D eigenvalue weighted by molar-refractivity contribution is 7.90. The van der Waals surface area contributed by atoms with Gasteiger partial charge in [0.05, 0.1) is 11.3 Å². The third kappa shape index (κ3) is 4.52. The standard InChI is InChI=1S/C23H25N3O5S/c1-15-7-6-8-18(13-15)24-22(27)16(2)31-23(28)17-10-11-19-20(14-17)32(29,30)25-21-9-4-3-5-12-26(19)21/h6-8,10-11,13-14,16H,3-5,9,12H2,1-2H3,(H,24,27). The number of aryl methyl sites for hydroxylation is 1. The summed E-state index contributed by atoms with van der Waals surface area (Å²) in [6.07, 6.45) is 2.39. The maximum absolute atomic E-state index is 12.7. The van der Waals surface area contributed by atoms with Crippen LogP contribution in [0.4, 0.5) is 11.4 Å². The van der Waals surface area contributed by atoms with E-state index in [1.54, 1.807) is 18.2 Å². The Hall–Kier alpha value is -3.20. The van der Waals surface area contributed by atoms with E-state index < -0.39 is 28.0 Å². The summed E-state index contributed by atoms with van der Waals surface area (Å²) in [5.74, 6) is -0.708. The molecule has 2 heterocycles. The summed E-state index contributed by atoms with van der Waals surface area (Å²) in [4.78, 5) is 27.0. The van der Waals surface area contributed by atoms with Crippen molar-refractivity contribution < 1.29 is 22.7 Å². The normalized spacial score (nSPS) is 17.8. The number of rotatable bonds is 4. The van der Waals surface area contributed by atoms with E-state index in [9.17, 15) is 18.0 Å². The number of sulfonamides is 1. The van der Waals surface area contributed by atoms with Crippen molar-refractivity contribution in [1.82, 2.24) is 0 Å². The van der Waals surface area contributed by atoms with Gasteiger partial charge in [0.2, 0.25) is 0 Å². The number of amidine groups is 1. The van der Waals surface area contributed by atoms with Crippen molar-refractivity contribution in [1.29, 1.82) is 0 Å². The fraction of sp³-hybridized carbons (Fsp3) is 0.348. The highest BCUT2D eigenvalue weighted by Gasteiger charge is 2.32. The number of nitrogens with zero attached hydrogens (tertiary/aromatic N) is 2. The minimum Gasteiger partial charge on any atom is -0.449 e. The number of fused-ring (bicyclic) bond motifs is 3. The van der Waals surface area contributed by atoms with E-state index in [-0.39, 0.29) is 10.5 Å². The Balaban J connectivity index is 1.52. The van der Waals surface area contributed by atoms with Gasteiger partial charge in [0.15, 0.2) is 6.10 Å². The van der Waals surface area contributed by atoms with Crippen molar-refractivity contribution in [2.24, 2.45) is 4.40 Å². The Bertz CT molecular complexity index is 1210. The van der Waals surface area contributed by atoms with Crippen LogP contribution < -0.4 is 10.2 Å². The van der Waals surface area contributed by atoms with Crippen molar-refractivity contribution in [3.63, 3.8) is 0 Å². The lowest BCUT2D eigenvalue weighted by molar-refractivity contribution is -0.123. The molecule has 0 aromatic heterocycles. The van der Waals surface area contributed by atoms with Crippen LogP contribution in [-0.4, -0.2) is 38.8 Å². The Morgan fingerprint density at radius 1 is 1.12 bits per heavy atom. The number of benzene rings is 2. The fourth-order valence-electron chi connectivity index (χ4n) is 3.86. The zero-order chi connectivity index (χ0) is 22.9. The number of carbonyl (C=O) groups is 2. The molecule has 168 valence electrons. The summed E-state index contributed by atoms with van der Waals surface area (Å²) < 4.78 is 34.8. The first-order valence-electron chi connectivity index (χ1n) is 10.6. The summed E-state index contributed by atoms with van der Waals surface area (Å²) in [5, 5.41) is 2.70. The Morgan fingerprint density at radius 2 is 1.94 bits per heavy atom. The Morgan fingerprint density at radius 3 is 2.72 bits per heavy atom. The maximum Gasteiger partial charge on any atom is 0.338 e. The van der Waals surface area contributed by atoms with E-state index in [0.29, 0.717) is 30.2 Å². The molecule has 0 aliphatic carbocycles. The molecule has 1 atom stereocenters. The van der Waals surface area contributed by atoms with Crippen LogP contribution in [0.5, 0.6) is 0 Å². The molecule has 32 heavy (non-hydrogen) atoms. The smallest absolute Gasteiger partial charge is 0.338 e. The van der Waals surface area contributed by atoms with Gasteiger partial charge in [0.1, 0.15) is 10.7 Å². The quantitative estimate of drug-likeness (QED) is 0.706. The number of esters is 1. The lowest BCUT2D eigenvalue weighted by Gasteiger charge is -2.29.